The molecule has 0 saturated carbocycles. The third-order valence-electron chi connectivity index (χ3n) is 5.08. The maximum atomic E-state index is 14.2. The van der Waals surface area contributed by atoms with Crippen LogP contribution in [0.4, 0.5) is 13.2 Å². The van der Waals surface area contributed by atoms with Gasteiger partial charge in [0.15, 0.2) is 5.78 Å². The van der Waals surface area contributed by atoms with E-state index in [1.807, 2.05) is 0 Å². The van der Waals surface area contributed by atoms with Crippen LogP contribution in [0.5, 0.6) is 0 Å². The van der Waals surface area contributed by atoms with Crippen molar-refractivity contribution in [2.24, 2.45) is 0 Å². The van der Waals surface area contributed by atoms with E-state index in [9.17, 15) is 22.8 Å². The number of fused-ring (bicyclic) bond motifs is 3. The zero-order valence-corrected chi connectivity index (χ0v) is 16.1. The molecular weight excluding hydrogens is 395 g/mol. The maximum Gasteiger partial charge on any atom is 0.432 e. The molecule has 0 fully saturated rings. The smallest absolute Gasteiger partial charge is 0.432 e. The summed E-state index contributed by atoms with van der Waals surface area (Å²) in [4.78, 5) is 25.8. The first-order valence-electron chi connectivity index (χ1n) is 9.07. The summed E-state index contributed by atoms with van der Waals surface area (Å²) in [6, 6.07) is 15.9. The number of hydrogen-bond donors (Lipinski definition) is 0. The zero-order chi connectivity index (χ0) is 21.6. The lowest BCUT2D eigenvalue weighted by Crippen LogP contribution is -2.17. The molecule has 0 aliphatic rings. The molecular formula is C23H16F3NO3. The Morgan fingerprint density at radius 2 is 1.57 bits per heavy atom. The van der Waals surface area contributed by atoms with Crippen LogP contribution in [0.2, 0.25) is 0 Å². The number of carbonyl (C=O) groups is 2. The lowest BCUT2D eigenvalue weighted by molar-refractivity contribution is -0.142. The molecule has 4 rings (SSSR count). The summed E-state index contributed by atoms with van der Waals surface area (Å²) in [5, 5.41) is 0.584. The van der Waals surface area contributed by atoms with E-state index in [1.54, 1.807) is 43.3 Å². The molecule has 0 spiro atoms. The highest BCUT2D eigenvalue weighted by atomic mass is 19.4. The number of aryl methyl sites for hydroxylation is 1. The second-order valence-electron chi connectivity index (χ2n) is 6.84. The highest BCUT2D eigenvalue weighted by molar-refractivity contribution is 6.20. The lowest BCUT2D eigenvalue weighted by atomic mass is 9.99. The Morgan fingerprint density at radius 1 is 0.867 bits per heavy atom. The maximum absolute atomic E-state index is 14.2. The van der Waals surface area contributed by atoms with Gasteiger partial charge in [0.05, 0.1) is 23.7 Å². The summed E-state index contributed by atoms with van der Waals surface area (Å²) in [5.41, 5.74) is -1.15. The van der Waals surface area contributed by atoms with Crippen molar-refractivity contribution in [2.45, 2.75) is 13.1 Å². The average molecular weight is 411 g/mol. The number of ether oxygens (including phenoxy) is 1. The number of methoxy groups -OCH3 is 1. The number of halogens is 3. The number of nitrogens with zero attached hydrogens (tertiary/aromatic N) is 1. The summed E-state index contributed by atoms with van der Waals surface area (Å²) in [7, 11) is 0.990. The van der Waals surface area contributed by atoms with Gasteiger partial charge in [0.2, 0.25) is 0 Å². The van der Waals surface area contributed by atoms with Gasteiger partial charge in [-0.05, 0) is 24.6 Å². The van der Waals surface area contributed by atoms with Crippen molar-refractivity contribution < 1.29 is 27.5 Å². The van der Waals surface area contributed by atoms with E-state index in [4.69, 9.17) is 0 Å². The van der Waals surface area contributed by atoms with E-state index in [0.29, 0.717) is 5.39 Å². The fourth-order valence-corrected chi connectivity index (χ4v) is 3.77. The summed E-state index contributed by atoms with van der Waals surface area (Å²) in [6.45, 7) is 1.78. The number of ketones is 1. The molecule has 0 unspecified atom stereocenters. The minimum atomic E-state index is -4.90. The zero-order valence-electron chi connectivity index (χ0n) is 16.1. The Hall–Kier alpha value is -3.61. The van der Waals surface area contributed by atoms with Gasteiger partial charge in [0.25, 0.3) is 0 Å². The van der Waals surface area contributed by atoms with Crippen LogP contribution in [0.3, 0.4) is 0 Å². The van der Waals surface area contributed by atoms with Gasteiger partial charge in [-0.25, -0.2) is 4.79 Å². The highest BCUT2D eigenvalue weighted by Crippen LogP contribution is 2.40. The minimum Gasteiger partial charge on any atom is -0.465 e. The Labute approximate surface area is 169 Å². The number of esters is 1. The molecule has 4 nitrogen and oxygen atoms in total. The fraction of sp³-hybridized carbons (Fsp3) is 0.130. The normalized spacial score (nSPS) is 11.8. The predicted octanol–water partition coefficient (Wildman–Crippen LogP) is 5.44. The van der Waals surface area contributed by atoms with E-state index in [-0.39, 0.29) is 22.2 Å². The van der Waals surface area contributed by atoms with Crippen molar-refractivity contribution in [3.05, 3.63) is 88.6 Å². The number of carbonyl (C=O) groups excluding carboxylic acids is 2. The third-order valence-corrected chi connectivity index (χ3v) is 5.08. The lowest BCUT2D eigenvalue weighted by Gasteiger charge is -2.12. The molecule has 2 aromatic heterocycles. The van der Waals surface area contributed by atoms with Crippen LogP contribution in [-0.4, -0.2) is 23.3 Å². The van der Waals surface area contributed by atoms with Gasteiger partial charge in [0, 0.05) is 10.9 Å². The topological polar surface area (TPSA) is 47.8 Å². The third kappa shape index (κ3) is 2.94. The summed E-state index contributed by atoms with van der Waals surface area (Å²) in [5.74, 6) is -1.90. The molecule has 0 N–H and O–H groups in total. The van der Waals surface area contributed by atoms with Crippen LogP contribution < -0.4 is 0 Å². The van der Waals surface area contributed by atoms with E-state index in [1.165, 1.54) is 24.3 Å². The van der Waals surface area contributed by atoms with Crippen molar-refractivity contribution in [3.63, 3.8) is 0 Å². The largest absolute Gasteiger partial charge is 0.465 e. The second-order valence-corrected chi connectivity index (χ2v) is 6.84. The molecule has 2 aromatic carbocycles. The number of aromatic nitrogens is 1. The molecule has 0 radical (unpaired) electrons. The molecule has 2 heterocycles. The molecule has 0 saturated heterocycles. The molecule has 0 aliphatic heterocycles. The Kier molecular flexibility index (Phi) is 4.61. The first kappa shape index (κ1) is 19.7. The molecule has 30 heavy (non-hydrogen) atoms. The van der Waals surface area contributed by atoms with Crippen LogP contribution in [-0.2, 0) is 10.9 Å². The van der Waals surface area contributed by atoms with E-state index in [2.05, 4.69) is 4.74 Å². The Bertz CT molecular complexity index is 1300. The van der Waals surface area contributed by atoms with Crippen molar-refractivity contribution in [3.8, 4) is 0 Å². The van der Waals surface area contributed by atoms with Crippen molar-refractivity contribution in [1.29, 1.82) is 0 Å². The van der Waals surface area contributed by atoms with E-state index >= 15 is 0 Å². The van der Waals surface area contributed by atoms with Crippen LogP contribution in [0.25, 0.3) is 16.4 Å². The molecule has 4 aromatic rings. The summed E-state index contributed by atoms with van der Waals surface area (Å²) < 4.78 is 48.3. The molecule has 0 atom stereocenters. The summed E-state index contributed by atoms with van der Waals surface area (Å²) in [6.07, 6.45) is -4.90. The van der Waals surface area contributed by atoms with Gasteiger partial charge in [-0.3, -0.25) is 4.79 Å². The fourth-order valence-electron chi connectivity index (χ4n) is 3.77. The molecule has 152 valence electrons. The monoisotopic (exact) mass is 411 g/mol. The van der Waals surface area contributed by atoms with Crippen LogP contribution in [0.1, 0.15) is 37.5 Å². The first-order chi connectivity index (χ1) is 14.3. The van der Waals surface area contributed by atoms with Gasteiger partial charge in [0.1, 0.15) is 11.3 Å². The second kappa shape index (κ2) is 7.02. The van der Waals surface area contributed by atoms with Crippen LogP contribution in [0.15, 0.2) is 60.7 Å². The molecule has 0 bridgehead atoms. The van der Waals surface area contributed by atoms with Gasteiger partial charge in [-0.15, -0.1) is 0 Å². The SMILES string of the molecule is COC(=O)c1c(C(=O)c2ccccc2)c2ccc3c(C)cccc3n2c1C(F)(F)F. The number of rotatable bonds is 3. The minimum absolute atomic E-state index is 0.00493. The van der Waals surface area contributed by atoms with Crippen LogP contribution in [0, 0.1) is 6.92 Å². The van der Waals surface area contributed by atoms with E-state index in [0.717, 1.165) is 17.1 Å². The standard InChI is InChI=1S/C23H16F3NO3/c1-13-7-6-10-16-15(13)11-12-17-18(20(28)14-8-4-3-5-9-14)19(22(29)30-2)21(27(16)17)23(24,25)26/h3-12H,1-2H3. The van der Waals surface area contributed by atoms with Crippen molar-refractivity contribution >= 4 is 28.2 Å². The predicted molar refractivity (Wildman–Crippen MR) is 106 cm³/mol. The number of pyridine rings is 1. The number of benzene rings is 2. The molecule has 7 heteroatoms. The average Bonchev–Trinajstić information content (AvgIpc) is 3.09. The van der Waals surface area contributed by atoms with Crippen molar-refractivity contribution in [1.82, 2.24) is 4.40 Å². The van der Waals surface area contributed by atoms with Gasteiger partial charge in [-0.1, -0.05) is 48.5 Å². The van der Waals surface area contributed by atoms with E-state index < -0.39 is 29.2 Å². The first-order valence-corrected chi connectivity index (χ1v) is 9.07. The van der Waals surface area contributed by atoms with Crippen LogP contribution >= 0.6 is 0 Å². The van der Waals surface area contributed by atoms with Gasteiger partial charge < -0.3 is 9.14 Å². The Balaban J connectivity index is 2.24. The number of alkyl halides is 3. The number of hydrogen-bond acceptors (Lipinski definition) is 3. The molecule has 0 aliphatic carbocycles. The van der Waals surface area contributed by atoms with Crippen molar-refractivity contribution in [2.75, 3.05) is 7.11 Å². The van der Waals surface area contributed by atoms with Gasteiger partial charge >= 0.3 is 12.1 Å². The quantitative estimate of drug-likeness (QED) is 0.333. The molecule has 0 amide bonds. The Morgan fingerprint density at radius 3 is 2.20 bits per heavy atom. The highest BCUT2D eigenvalue weighted by Gasteiger charge is 2.43. The van der Waals surface area contributed by atoms with Gasteiger partial charge in [-0.2, -0.15) is 13.2 Å². The summed E-state index contributed by atoms with van der Waals surface area (Å²) >= 11 is 0.